The molecule has 2 heteroatoms. The van der Waals surface area contributed by atoms with E-state index in [-0.39, 0.29) is 5.97 Å². The van der Waals surface area contributed by atoms with Crippen LogP contribution in [0.3, 0.4) is 0 Å². The lowest BCUT2D eigenvalue weighted by atomic mass is 9.95. The standard InChI is InChI=1S/C25H20O2/c1-25(2,3)27-24(26)20-13-7-12-19-22(20)18-11-6-9-16-14-15-8-4-5-10-17(15)23(19)21(16)18/h4-14H,1-3H3. The lowest BCUT2D eigenvalue weighted by Gasteiger charge is -2.20. The minimum Gasteiger partial charge on any atom is -0.456 e. The second-order valence-corrected chi connectivity index (χ2v) is 8.11. The Hall–Kier alpha value is -3.13. The van der Waals surface area contributed by atoms with Crippen molar-refractivity contribution in [1.29, 1.82) is 0 Å². The second-order valence-electron chi connectivity index (χ2n) is 8.11. The molecule has 0 amide bonds. The van der Waals surface area contributed by atoms with E-state index in [9.17, 15) is 4.79 Å². The van der Waals surface area contributed by atoms with E-state index < -0.39 is 5.60 Å². The third-order valence-electron chi connectivity index (χ3n) is 5.11. The highest BCUT2D eigenvalue weighted by molar-refractivity contribution is 6.25. The molecule has 0 N–H and O–H groups in total. The number of benzene rings is 4. The number of carbonyl (C=O) groups excluding carboxylic acids is 1. The van der Waals surface area contributed by atoms with E-state index in [1.54, 1.807) is 0 Å². The van der Waals surface area contributed by atoms with Crippen molar-refractivity contribution in [3.05, 3.63) is 72.3 Å². The molecule has 2 nitrogen and oxygen atoms in total. The Labute approximate surface area is 158 Å². The summed E-state index contributed by atoms with van der Waals surface area (Å²) in [6.07, 6.45) is 0. The van der Waals surface area contributed by atoms with E-state index >= 15 is 0 Å². The Morgan fingerprint density at radius 2 is 1.48 bits per heavy atom. The number of ether oxygens (including phenoxy) is 1. The van der Waals surface area contributed by atoms with Gasteiger partial charge in [-0.05, 0) is 71.1 Å². The molecule has 1 aliphatic carbocycles. The summed E-state index contributed by atoms with van der Waals surface area (Å²) in [5.41, 5.74) is 4.55. The van der Waals surface area contributed by atoms with Gasteiger partial charge in [0.15, 0.2) is 0 Å². The summed E-state index contributed by atoms with van der Waals surface area (Å²) in [5, 5.41) is 4.86. The molecule has 0 bridgehead atoms. The summed E-state index contributed by atoms with van der Waals surface area (Å²) >= 11 is 0. The van der Waals surface area contributed by atoms with E-state index in [0.29, 0.717) is 5.56 Å². The fourth-order valence-corrected chi connectivity index (χ4v) is 4.16. The molecule has 0 radical (unpaired) electrons. The molecule has 0 fully saturated rings. The molecule has 4 aromatic rings. The Bertz CT molecular complexity index is 1240. The first kappa shape index (κ1) is 16.1. The van der Waals surface area contributed by atoms with E-state index in [1.807, 2.05) is 32.9 Å². The zero-order chi connectivity index (χ0) is 18.8. The van der Waals surface area contributed by atoms with Crippen LogP contribution in [0.15, 0.2) is 66.7 Å². The van der Waals surface area contributed by atoms with Crippen molar-refractivity contribution in [2.45, 2.75) is 26.4 Å². The van der Waals surface area contributed by atoms with Gasteiger partial charge in [-0.25, -0.2) is 4.79 Å². The van der Waals surface area contributed by atoms with Crippen LogP contribution < -0.4 is 0 Å². The molecular formula is C25H20O2. The minimum atomic E-state index is -0.524. The molecule has 4 aromatic carbocycles. The van der Waals surface area contributed by atoms with E-state index in [2.05, 4.69) is 54.6 Å². The van der Waals surface area contributed by atoms with Crippen molar-refractivity contribution >= 4 is 27.5 Å². The molecule has 0 unspecified atom stereocenters. The van der Waals surface area contributed by atoms with Gasteiger partial charge in [-0.1, -0.05) is 54.6 Å². The van der Waals surface area contributed by atoms with Crippen LogP contribution in [0.2, 0.25) is 0 Å². The van der Waals surface area contributed by atoms with Crippen molar-refractivity contribution < 1.29 is 9.53 Å². The van der Waals surface area contributed by atoms with E-state index in [0.717, 1.165) is 16.7 Å². The van der Waals surface area contributed by atoms with Crippen LogP contribution in [0.4, 0.5) is 0 Å². The van der Waals surface area contributed by atoms with Gasteiger partial charge in [0.25, 0.3) is 0 Å². The molecule has 0 atom stereocenters. The van der Waals surface area contributed by atoms with Crippen molar-refractivity contribution in [1.82, 2.24) is 0 Å². The lowest BCUT2D eigenvalue weighted by Crippen LogP contribution is -2.24. The van der Waals surface area contributed by atoms with Gasteiger partial charge in [0.1, 0.15) is 5.60 Å². The van der Waals surface area contributed by atoms with Crippen molar-refractivity contribution in [3.63, 3.8) is 0 Å². The topological polar surface area (TPSA) is 26.3 Å². The molecule has 0 saturated heterocycles. The molecule has 27 heavy (non-hydrogen) atoms. The first-order valence-corrected chi connectivity index (χ1v) is 9.26. The third-order valence-corrected chi connectivity index (χ3v) is 5.11. The van der Waals surface area contributed by atoms with Crippen LogP contribution in [0, 0.1) is 0 Å². The van der Waals surface area contributed by atoms with Gasteiger partial charge in [-0.3, -0.25) is 0 Å². The van der Waals surface area contributed by atoms with Crippen LogP contribution in [0.1, 0.15) is 31.1 Å². The number of rotatable bonds is 1. The Morgan fingerprint density at radius 1 is 0.778 bits per heavy atom. The Kier molecular flexibility index (Phi) is 3.23. The fraction of sp³-hybridized carbons (Fsp3) is 0.160. The minimum absolute atomic E-state index is 0.270. The number of hydrogen-bond donors (Lipinski definition) is 0. The smallest absolute Gasteiger partial charge is 0.339 e. The van der Waals surface area contributed by atoms with Crippen molar-refractivity contribution in [2.24, 2.45) is 0 Å². The van der Waals surface area contributed by atoms with Crippen LogP contribution >= 0.6 is 0 Å². The summed E-state index contributed by atoms with van der Waals surface area (Å²) in [6.45, 7) is 5.70. The van der Waals surface area contributed by atoms with Gasteiger partial charge in [-0.2, -0.15) is 0 Å². The summed E-state index contributed by atoms with van der Waals surface area (Å²) in [6, 6.07) is 23.0. The first-order chi connectivity index (χ1) is 12.9. The maximum Gasteiger partial charge on any atom is 0.339 e. The SMILES string of the molecule is CC(C)(C)OC(=O)c1cccc2c1-c1cccc3cc4ccccc4c-2c13. The quantitative estimate of drug-likeness (QED) is 0.251. The zero-order valence-electron chi connectivity index (χ0n) is 15.7. The van der Waals surface area contributed by atoms with Crippen LogP contribution in [0.25, 0.3) is 43.8 Å². The second kappa shape index (κ2) is 5.43. The number of esters is 1. The molecule has 5 rings (SSSR count). The highest BCUT2D eigenvalue weighted by Gasteiger charge is 2.29. The van der Waals surface area contributed by atoms with Gasteiger partial charge in [0.05, 0.1) is 5.56 Å². The van der Waals surface area contributed by atoms with Crippen LogP contribution in [0.5, 0.6) is 0 Å². The Morgan fingerprint density at radius 3 is 2.30 bits per heavy atom. The molecule has 0 aromatic heterocycles. The average molecular weight is 352 g/mol. The largest absolute Gasteiger partial charge is 0.456 e. The highest BCUT2D eigenvalue weighted by atomic mass is 16.6. The molecule has 1 aliphatic rings. The fourth-order valence-electron chi connectivity index (χ4n) is 4.16. The van der Waals surface area contributed by atoms with Gasteiger partial charge < -0.3 is 4.74 Å². The summed E-state index contributed by atoms with van der Waals surface area (Å²) < 4.78 is 5.69. The Balaban J connectivity index is 1.87. The third kappa shape index (κ3) is 2.37. The normalized spacial score (nSPS) is 12.4. The number of hydrogen-bond acceptors (Lipinski definition) is 2. The number of fused-ring (bicyclic) bond motifs is 5. The summed E-state index contributed by atoms with van der Waals surface area (Å²) in [7, 11) is 0. The maximum atomic E-state index is 12.9. The van der Waals surface area contributed by atoms with Gasteiger partial charge in [-0.15, -0.1) is 0 Å². The van der Waals surface area contributed by atoms with Gasteiger partial charge in [0.2, 0.25) is 0 Å². The van der Waals surface area contributed by atoms with Crippen LogP contribution in [-0.4, -0.2) is 11.6 Å². The van der Waals surface area contributed by atoms with Crippen LogP contribution in [-0.2, 0) is 4.74 Å². The maximum absolute atomic E-state index is 12.9. The summed E-state index contributed by atoms with van der Waals surface area (Å²) in [4.78, 5) is 12.9. The molecule has 132 valence electrons. The van der Waals surface area contributed by atoms with E-state index in [1.165, 1.54) is 27.1 Å². The van der Waals surface area contributed by atoms with Crippen molar-refractivity contribution in [3.8, 4) is 22.3 Å². The monoisotopic (exact) mass is 352 g/mol. The van der Waals surface area contributed by atoms with Gasteiger partial charge in [0, 0.05) is 5.56 Å². The van der Waals surface area contributed by atoms with Gasteiger partial charge >= 0.3 is 5.97 Å². The molecule has 0 aliphatic heterocycles. The number of carbonyl (C=O) groups is 1. The first-order valence-electron chi connectivity index (χ1n) is 9.26. The highest BCUT2D eigenvalue weighted by Crippen LogP contribution is 2.51. The molecule has 0 heterocycles. The predicted octanol–water partition coefficient (Wildman–Crippen LogP) is 6.60. The molecule has 0 saturated carbocycles. The zero-order valence-corrected chi connectivity index (χ0v) is 15.7. The lowest BCUT2D eigenvalue weighted by molar-refractivity contribution is 0.00705. The van der Waals surface area contributed by atoms with E-state index in [4.69, 9.17) is 4.74 Å². The predicted molar refractivity (Wildman–Crippen MR) is 111 cm³/mol. The van der Waals surface area contributed by atoms with Crippen molar-refractivity contribution in [2.75, 3.05) is 0 Å². The summed E-state index contributed by atoms with van der Waals surface area (Å²) in [5.74, 6) is -0.270. The molecule has 0 spiro atoms. The average Bonchev–Trinajstić information content (AvgIpc) is 2.97. The molecular weight excluding hydrogens is 332 g/mol.